The molecule has 0 spiro atoms. The molecule has 0 radical (unpaired) electrons. The van der Waals surface area contributed by atoms with Crippen molar-refractivity contribution in [1.29, 1.82) is 0 Å². The zero-order chi connectivity index (χ0) is 19.4. The minimum Gasteiger partial charge on any atom is -0.472 e. The largest absolute Gasteiger partial charge is 0.472 e. The first-order valence-corrected chi connectivity index (χ1v) is 9.79. The summed E-state index contributed by atoms with van der Waals surface area (Å²) in [6, 6.07) is 1.82. The number of esters is 2. The molecule has 0 unspecified atom stereocenters. The Balaban J connectivity index is 1.74. The standard InChI is InChI=1S/C21H28O6/c1-20-8-6-14-19(24)27-16(12-7-9-26-11-12)10-21(14,2)17(20)15(22)5-4-13(20)18(23)25-3/h7,9,11,13-17,22H,4-6,8,10H2,1-3H3/t13-,14-,15-,16-,17-,20-,21-/m0/s1. The van der Waals surface area contributed by atoms with Gasteiger partial charge in [0.1, 0.15) is 6.10 Å². The number of hydrogen-bond donors (Lipinski definition) is 1. The third kappa shape index (κ3) is 2.64. The molecule has 3 aliphatic rings. The first-order valence-electron chi connectivity index (χ1n) is 9.79. The molecule has 3 fully saturated rings. The number of aliphatic hydroxyl groups excluding tert-OH is 1. The van der Waals surface area contributed by atoms with E-state index in [1.54, 1.807) is 12.5 Å². The van der Waals surface area contributed by atoms with Crippen LogP contribution >= 0.6 is 0 Å². The summed E-state index contributed by atoms with van der Waals surface area (Å²) in [5, 5.41) is 11.0. The number of carbonyl (C=O) groups excluding carboxylic acids is 2. The number of rotatable bonds is 2. The highest BCUT2D eigenvalue weighted by atomic mass is 16.5. The number of methoxy groups -OCH3 is 1. The summed E-state index contributed by atoms with van der Waals surface area (Å²) in [5.74, 6) is -1.08. The molecule has 1 aromatic rings. The Morgan fingerprint density at radius 3 is 2.70 bits per heavy atom. The molecular formula is C21H28O6. The number of furan rings is 1. The van der Waals surface area contributed by atoms with Crippen LogP contribution in [0.25, 0.3) is 0 Å². The maximum absolute atomic E-state index is 12.9. The van der Waals surface area contributed by atoms with Crippen molar-refractivity contribution >= 4 is 11.9 Å². The van der Waals surface area contributed by atoms with Gasteiger partial charge < -0.3 is 19.0 Å². The van der Waals surface area contributed by atoms with E-state index in [2.05, 4.69) is 13.8 Å². The van der Waals surface area contributed by atoms with Gasteiger partial charge in [-0.25, -0.2) is 0 Å². The molecule has 2 saturated carbocycles. The molecule has 148 valence electrons. The Morgan fingerprint density at radius 2 is 2.04 bits per heavy atom. The maximum atomic E-state index is 12.9. The van der Waals surface area contributed by atoms with E-state index in [4.69, 9.17) is 13.9 Å². The van der Waals surface area contributed by atoms with Crippen molar-refractivity contribution < 1.29 is 28.6 Å². The first kappa shape index (κ1) is 18.5. The average Bonchev–Trinajstić information content (AvgIpc) is 3.14. The fraction of sp³-hybridized carbons (Fsp3) is 0.714. The molecular weight excluding hydrogens is 348 g/mol. The predicted molar refractivity (Wildman–Crippen MR) is 95.3 cm³/mol. The zero-order valence-electron chi connectivity index (χ0n) is 16.1. The molecule has 6 nitrogen and oxygen atoms in total. The van der Waals surface area contributed by atoms with Crippen molar-refractivity contribution in [1.82, 2.24) is 0 Å². The second kappa shape index (κ2) is 6.36. The van der Waals surface area contributed by atoms with Gasteiger partial charge in [0.15, 0.2) is 0 Å². The Kier molecular flexibility index (Phi) is 4.37. The van der Waals surface area contributed by atoms with Crippen LogP contribution in [-0.2, 0) is 19.1 Å². The van der Waals surface area contributed by atoms with Crippen LogP contribution in [0.4, 0.5) is 0 Å². The topological polar surface area (TPSA) is 86.0 Å². The van der Waals surface area contributed by atoms with Gasteiger partial charge in [0, 0.05) is 5.56 Å². The van der Waals surface area contributed by atoms with Crippen molar-refractivity contribution in [2.75, 3.05) is 7.11 Å². The van der Waals surface area contributed by atoms with Crippen LogP contribution in [0.15, 0.2) is 23.0 Å². The highest BCUT2D eigenvalue weighted by Crippen LogP contribution is 2.65. The molecule has 2 heterocycles. The molecule has 6 heteroatoms. The molecule has 4 rings (SSSR count). The lowest BCUT2D eigenvalue weighted by Crippen LogP contribution is -2.62. The molecule has 0 bridgehead atoms. The third-order valence-corrected chi connectivity index (χ3v) is 7.69. The van der Waals surface area contributed by atoms with E-state index >= 15 is 0 Å². The van der Waals surface area contributed by atoms with Gasteiger partial charge in [-0.2, -0.15) is 0 Å². The number of hydrogen-bond acceptors (Lipinski definition) is 6. The van der Waals surface area contributed by atoms with Crippen molar-refractivity contribution in [3.63, 3.8) is 0 Å². The van der Waals surface area contributed by atoms with E-state index in [0.717, 1.165) is 5.56 Å². The van der Waals surface area contributed by atoms with Gasteiger partial charge in [0.2, 0.25) is 0 Å². The molecule has 0 amide bonds. The maximum Gasteiger partial charge on any atom is 0.310 e. The molecule has 2 aliphatic carbocycles. The summed E-state index contributed by atoms with van der Waals surface area (Å²) in [6.07, 6.45) is 5.42. The summed E-state index contributed by atoms with van der Waals surface area (Å²) >= 11 is 0. The number of ether oxygens (including phenoxy) is 2. The second-order valence-electron chi connectivity index (χ2n) is 8.99. The second-order valence-corrected chi connectivity index (χ2v) is 8.99. The number of aliphatic hydroxyl groups is 1. The van der Waals surface area contributed by atoms with Gasteiger partial charge in [0.05, 0.1) is 37.6 Å². The Hall–Kier alpha value is -1.82. The van der Waals surface area contributed by atoms with Crippen LogP contribution in [0.1, 0.15) is 57.6 Å². The van der Waals surface area contributed by atoms with E-state index in [0.29, 0.717) is 32.1 Å². The lowest BCUT2D eigenvalue weighted by Gasteiger charge is -2.62. The van der Waals surface area contributed by atoms with E-state index in [9.17, 15) is 14.7 Å². The number of cyclic esters (lactones) is 1. The van der Waals surface area contributed by atoms with Crippen LogP contribution in [0, 0.1) is 28.6 Å². The van der Waals surface area contributed by atoms with Crippen LogP contribution in [0.3, 0.4) is 0 Å². The molecule has 1 N–H and O–H groups in total. The summed E-state index contributed by atoms with van der Waals surface area (Å²) in [4.78, 5) is 25.4. The fourth-order valence-corrected chi connectivity index (χ4v) is 6.51. The zero-order valence-corrected chi connectivity index (χ0v) is 16.1. The average molecular weight is 376 g/mol. The highest BCUT2D eigenvalue weighted by molar-refractivity contribution is 5.76. The van der Waals surface area contributed by atoms with Gasteiger partial charge in [0.25, 0.3) is 0 Å². The van der Waals surface area contributed by atoms with E-state index in [1.807, 2.05) is 6.07 Å². The third-order valence-electron chi connectivity index (χ3n) is 7.69. The normalized spacial score (nSPS) is 44.0. The monoisotopic (exact) mass is 376 g/mol. The summed E-state index contributed by atoms with van der Waals surface area (Å²) in [6.45, 7) is 4.19. The molecule has 1 aliphatic heterocycles. The van der Waals surface area contributed by atoms with Crippen LogP contribution in [0.2, 0.25) is 0 Å². The van der Waals surface area contributed by atoms with Gasteiger partial charge in [-0.1, -0.05) is 13.8 Å². The lowest BCUT2D eigenvalue weighted by atomic mass is 9.43. The summed E-state index contributed by atoms with van der Waals surface area (Å²) in [7, 11) is 1.42. The van der Waals surface area contributed by atoms with Crippen molar-refractivity contribution in [3.8, 4) is 0 Å². The quantitative estimate of drug-likeness (QED) is 0.798. The predicted octanol–water partition coefficient (Wildman–Crippen LogP) is 3.25. The van der Waals surface area contributed by atoms with Crippen LogP contribution < -0.4 is 0 Å². The van der Waals surface area contributed by atoms with E-state index in [-0.39, 0.29) is 35.8 Å². The summed E-state index contributed by atoms with van der Waals surface area (Å²) in [5.41, 5.74) is -0.00423. The van der Waals surface area contributed by atoms with Gasteiger partial charge in [-0.15, -0.1) is 0 Å². The van der Waals surface area contributed by atoms with Crippen LogP contribution in [0.5, 0.6) is 0 Å². The number of carbonyl (C=O) groups is 2. The van der Waals surface area contributed by atoms with Gasteiger partial charge >= 0.3 is 11.9 Å². The lowest BCUT2D eigenvalue weighted by molar-refractivity contribution is -0.220. The van der Waals surface area contributed by atoms with Crippen LogP contribution in [-0.4, -0.2) is 30.3 Å². The minimum atomic E-state index is -0.542. The molecule has 0 aromatic carbocycles. The van der Waals surface area contributed by atoms with E-state index < -0.39 is 16.9 Å². The van der Waals surface area contributed by atoms with Gasteiger partial charge in [-0.3, -0.25) is 9.59 Å². The summed E-state index contributed by atoms with van der Waals surface area (Å²) < 4.78 is 16.0. The first-order chi connectivity index (χ1) is 12.8. The van der Waals surface area contributed by atoms with Gasteiger partial charge in [-0.05, 0) is 54.9 Å². The minimum absolute atomic E-state index is 0.163. The molecule has 27 heavy (non-hydrogen) atoms. The Morgan fingerprint density at radius 1 is 1.26 bits per heavy atom. The van der Waals surface area contributed by atoms with E-state index in [1.165, 1.54) is 7.11 Å². The molecule has 1 aromatic heterocycles. The Labute approximate surface area is 159 Å². The van der Waals surface area contributed by atoms with Crippen molar-refractivity contribution in [2.24, 2.45) is 28.6 Å². The Bertz CT molecular complexity index is 727. The molecule has 7 atom stereocenters. The van der Waals surface area contributed by atoms with Crippen molar-refractivity contribution in [2.45, 2.75) is 58.2 Å². The highest BCUT2D eigenvalue weighted by Gasteiger charge is 2.65. The number of fused-ring (bicyclic) bond motifs is 3. The smallest absolute Gasteiger partial charge is 0.310 e. The SMILES string of the molecule is COC(=O)[C@@H]1CC[C@H](O)[C@H]2[C@@]1(C)CC[C@H]1C(=O)O[C@H](c3ccoc3)C[C@]21C. The molecule has 1 saturated heterocycles. The fourth-order valence-electron chi connectivity index (χ4n) is 6.51. The van der Waals surface area contributed by atoms with Crippen molar-refractivity contribution in [3.05, 3.63) is 24.2 Å².